The Kier molecular flexibility index (Phi) is 0.875. The molecule has 1 aliphatic carbocycles. The van der Waals surface area contributed by atoms with Gasteiger partial charge in [0.15, 0.2) is 0 Å². The van der Waals surface area contributed by atoms with Crippen LogP contribution in [-0.4, -0.2) is 18.9 Å². The Morgan fingerprint density at radius 3 is 3.25 bits per heavy atom. The number of hydrogen-bond donors (Lipinski definition) is 1. The number of nitrogens with zero attached hydrogens (tertiary/aromatic N) is 1. The molecule has 0 atom stereocenters. The van der Waals surface area contributed by atoms with Crippen molar-refractivity contribution in [2.75, 3.05) is 13.2 Å². The summed E-state index contributed by atoms with van der Waals surface area (Å²) in [5, 5.41) is 3.25. The molecule has 0 unspecified atom stereocenters. The monoisotopic (exact) mass is 110 g/mol. The predicted molar refractivity (Wildman–Crippen MR) is 33.0 cm³/mol. The van der Waals surface area contributed by atoms with E-state index in [0.717, 1.165) is 12.6 Å². The largest absolute Gasteiger partial charge is 0.298 e. The van der Waals surface area contributed by atoms with Gasteiger partial charge in [-0.2, -0.15) is 0 Å². The van der Waals surface area contributed by atoms with Gasteiger partial charge in [-0.15, -0.1) is 0 Å². The molecular weight excluding hydrogens is 100 g/mol. The molecule has 0 aromatic heterocycles. The molecule has 2 bridgehead atoms. The van der Waals surface area contributed by atoms with Crippen LogP contribution in [0, 0.1) is 5.92 Å². The molecular formula is C6H10N2. The number of rotatable bonds is 0. The Balaban J connectivity index is 2.10. The number of fused-ring (bicyclic) bond motifs is 3. The van der Waals surface area contributed by atoms with Crippen LogP contribution in [-0.2, 0) is 0 Å². The lowest BCUT2D eigenvalue weighted by molar-refractivity contribution is 0.484. The fourth-order valence-corrected chi connectivity index (χ4v) is 1.32. The van der Waals surface area contributed by atoms with Crippen LogP contribution < -0.4 is 5.32 Å². The highest BCUT2D eigenvalue weighted by Crippen LogP contribution is 2.24. The van der Waals surface area contributed by atoms with E-state index < -0.39 is 0 Å². The summed E-state index contributed by atoms with van der Waals surface area (Å²) in [6.45, 7) is 2.05. The average molecular weight is 110 g/mol. The lowest BCUT2D eigenvalue weighted by atomic mass is 9.84. The molecule has 44 valence electrons. The number of hydrogen-bond acceptors (Lipinski definition) is 2. The molecule has 0 radical (unpaired) electrons. The zero-order chi connectivity index (χ0) is 5.40. The third kappa shape index (κ3) is 0.564. The first-order chi connectivity index (χ1) is 3.95. The SMILES string of the molecule is C1N=C2CC(CN1)C2. The van der Waals surface area contributed by atoms with Gasteiger partial charge in [0.2, 0.25) is 0 Å². The topological polar surface area (TPSA) is 24.4 Å². The van der Waals surface area contributed by atoms with Crippen LogP contribution >= 0.6 is 0 Å². The maximum Gasteiger partial charge on any atom is 0.0883 e. The van der Waals surface area contributed by atoms with Gasteiger partial charge in [0, 0.05) is 12.3 Å². The van der Waals surface area contributed by atoms with Gasteiger partial charge in [0.05, 0.1) is 6.67 Å². The molecule has 1 N–H and O–H groups in total. The Morgan fingerprint density at radius 2 is 2.38 bits per heavy atom. The first-order valence-corrected chi connectivity index (χ1v) is 3.18. The summed E-state index contributed by atoms with van der Waals surface area (Å²) in [6, 6.07) is 0. The summed E-state index contributed by atoms with van der Waals surface area (Å²) < 4.78 is 0. The molecule has 3 aliphatic rings. The third-order valence-electron chi connectivity index (χ3n) is 1.90. The summed E-state index contributed by atoms with van der Waals surface area (Å²) in [6.07, 6.45) is 2.54. The van der Waals surface area contributed by atoms with Gasteiger partial charge in [-0.05, 0) is 18.8 Å². The summed E-state index contributed by atoms with van der Waals surface area (Å²) in [5.41, 5.74) is 1.43. The molecule has 2 heteroatoms. The molecule has 8 heavy (non-hydrogen) atoms. The average Bonchev–Trinajstić information content (AvgIpc) is 1.89. The molecule has 0 amide bonds. The van der Waals surface area contributed by atoms with E-state index in [1.165, 1.54) is 25.1 Å². The number of nitrogens with one attached hydrogen (secondary N) is 1. The van der Waals surface area contributed by atoms with Gasteiger partial charge in [-0.25, -0.2) is 0 Å². The van der Waals surface area contributed by atoms with Crippen molar-refractivity contribution in [3.63, 3.8) is 0 Å². The van der Waals surface area contributed by atoms with Gasteiger partial charge in [-0.3, -0.25) is 10.3 Å². The van der Waals surface area contributed by atoms with E-state index in [0.29, 0.717) is 0 Å². The van der Waals surface area contributed by atoms with Crippen molar-refractivity contribution in [1.82, 2.24) is 5.32 Å². The first-order valence-electron chi connectivity index (χ1n) is 3.18. The summed E-state index contributed by atoms with van der Waals surface area (Å²) >= 11 is 0. The van der Waals surface area contributed by atoms with Crippen LogP contribution in [0.3, 0.4) is 0 Å². The second kappa shape index (κ2) is 1.55. The van der Waals surface area contributed by atoms with Gasteiger partial charge < -0.3 is 0 Å². The van der Waals surface area contributed by atoms with E-state index in [4.69, 9.17) is 0 Å². The smallest absolute Gasteiger partial charge is 0.0883 e. The number of aliphatic imine (C=N–C) groups is 1. The molecule has 0 spiro atoms. The van der Waals surface area contributed by atoms with Crippen molar-refractivity contribution in [3.05, 3.63) is 0 Å². The van der Waals surface area contributed by atoms with Gasteiger partial charge >= 0.3 is 0 Å². The quantitative estimate of drug-likeness (QED) is 0.479. The van der Waals surface area contributed by atoms with Crippen molar-refractivity contribution in [3.8, 4) is 0 Å². The van der Waals surface area contributed by atoms with Crippen LogP contribution in [0.2, 0.25) is 0 Å². The van der Waals surface area contributed by atoms with Crippen molar-refractivity contribution in [2.24, 2.45) is 10.9 Å². The Morgan fingerprint density at radius 1 is 1.50 bits per heavy atom. The van der Waals surface area contributed by atoms with Crippen molar-refractivity contribution in [1.29, 1.82) is 0 Å². The van der Waals surface area contributed by atoms with Crippen molar-refractivity contribution < 1.29 is 0 Å². The van der Waals surface area contributed by atoms with E-state index >= 15 is 0 Å². The van der Waals surface area contributed by atoms with Crippen LogP contribution in [0.4, 0.5) is 0 Å². The highest BCUT2D eigenvalue weighted by molar-refractivity contribution is 5.90. The highest BCUT2D eigenvalue weighted by atomic mass is 15.0. The molecule has 0 saturated heterocycles. The predicted octanol–water partition coefficient (Wildman–Crippen LogP) is 0.398. The molecule has 2 heterocycles. The van der Waals surface area contributed by atoms with Crippen LogP contribution in [0.5, 0.6) is 0 Å². The Labute approximate surface area is 49.0 Å². The minimum Gasteiger partial charge on any atom is -0.298 e. The fourth-order valence-electron chi connectivity index (χ4n) is 1.32. The van der Waals surface area contributed by atoms with E-state index in [-0.39, 0.29) is 0 Å². The summed E-state index contributed by atoms with van der Waals surface area (Å²) in [7, 11) is 0. The molecule has 0 aromatic rings. The maximum absolute atomic E-state index is 4.30. The molecule has 3 rings (SSSR count). The lowest BCUT2D eigenvalue weighted by Crippen LogP contribution is -2.28. The Bertz CT molecular complexity index is 120. The van der Waals surface area contributed by atoms with E-state index in [9.17, 15) is 0 Å². The van der Waals surface area contributed by atoms with E-state index in [1.807, 2.05) is 0 Å². The summed E-state index contributed by atoms with van der Waals surface area (Å²) in [5.74, 6) is 0.927. The maximum atomic E-state index is 4.30. The third-order valence-corrected chi connectivity index (χ3v) is 1.90. The summed E-state index contributed by atoms with van der Waals surface area (Å²) in [4.78, 5) is 4.30. The van der Waals surface area contributed by atoms with E-state index in [2.05, 4.69) is 10.3 Å². The normalized spacial score (nSPS) is 28.2. The van der Waals surface area contributed by atoms with Crippen LogP contribution in [0.1, 0.15) is 12.8 Å². The van der Waals surface area contributed by atoms with Crippen LogP contribution in [0.15, 0.2) is 4.99 Å². The molecule has 1 fully saturated rings. The molecule has 1 saturated carbocycles. The second-order valence-electron chi connectivity index (χ2n) is 2.61. The standard InChI is InChI=1S/C6H10N2/c1-5-2-6(1)8-4-7-3-5/h5,7H,1-4H2. The van der Waals surface area contributed by atoms with Crippen molar-refractivity contribution >= 4 is 5.71 Å². The lowest BCUT2D eigenvalue weighted by Gasteiger charge is -2.23. The highest BCUT2D eigenvalue weighted by Gasteiger charge is 2.25. The van der Waals surface area contributed by atoms with E-state index in [1.54, 1.807) is 0 Å². The molecule has 0 aromatic carbocycles. The Hall–Kier alpha value is -0.370. The van der Waals surface area contributed by atoms with Crippen molar-refractivity contribution in [2.45, 2.75) is 12.8 Å². The van der Waals surface area contributed by atoms with Gasteiger partial charge in [0.25, 0.3) is 0 Å². The molecule has 2 aliphatic heterocycles. The van der Waals surface area contributed by atoms with Gasteiger partial charge in [-0.1, -0.05) is 0 Å². The minimum atomic E-state index is 0.867. The zero-order valence-corrected chi connectivity index (χ0v) is 4.85. The second-order valence-corrected chi connectivity index (χ2v) is 2.61. The minimum absolute atomic E-state index is 0.867. The van der Waals surface area contributed by atoms with Crippen LogP contribution in [0.25, 0.3) is 0 Å². The fraction of sp³-hybridized carbons (Fsp3) is 0.833. The first kappa shape index (κ1) is 4.50. The van der Waals surface area contributed by atoms with Gasteiger partial charge in [0.1, 0.15) is 0 Å². The molecule has 2 nitrogen and oxygen atoms in total. The zero-order valence-electron chi connectivity index (χ0n) is 4.85.